The number of hydrogen-bond donors (Lipinski definition) is 2. The Balaban J connectivity index is 2.04. The zero-order valence-electron chi connectivity index (χ0n) is 11.1. The van der Waals surface area contributed by atoms with Crippen LogP contribution in [0, 0.1) is 5.82 Å². The van der Waals surface area contributed by atoms with Crippen LogP contribution < -0.4 is 9.25 Å². The third-order valence-corrected chi connectivity index (χ3v) is 5.15. The van der Waals surface area contributed by atoms with Crippen molar-refractivity contribution in [3.63, 3.8) is 0 Å². The standard InChI is InChI=1S/C12H12FN2O5PS/c13-10-3-5-12(6-4-10)22(18,19)15-9-21(16,17)20-11-2-1-7-14-8-11/h1-8,15H,9H2,(H,16,17). The Kier molecular flexibility index (Phi) is 4.92. The molecule has 0 amide bonds. The highest BCUT2D eigenvalue weighted by molar-refractivity contribution is 7.89. The number of sulfonamides is 1. The maximum Gasteiger partial charge on any atom is 0.391 e. The van der Waals surface area contributed by atoms with Gasteiger partial charge in [-0.15, -0.1) is 0 Å². The minimum Gasteiger partial charge on any atom is -0.422 e. The molecule has 0 saturated carbocycles. The molecule has 0 fully saturated rings. The Morgan fingerprint density at radius 2 is 1.95 bits per heavy atom. The van der Waals surface area contributed by atoms with Gasteiger partial charge in [0.15, 0.2) is 0 Å². The first-order valence-corrected chi connectivity index (χ1v) is 9.20. The fraction of sp³-hybridized carbons (Fsp3) is 0.0833. The molecule has 1 aromatic carbocycles. The Morgan fingerprint density at radius 1 is 1.27 bits per heavy atom. The number of halogens is 1. The summed E-state index contributed by atoms with van der Waals surface area (Å²) in [4.78, 5) is 13.1. The van der Waals surface area contributed by atoms with Crippen molar-refractivity contribution >= 4 is 17.6 Å². The minimum absolute atomic E-state index is 0.0364. The predicted octanol–water partition coefficient (Wildman–Crippen LogP) is 1.72. The summed E-state index contributed by atoms with van der Waals surface area (Å²) in [5.74, 6) is -0.555. The Bertz CT molecular complexity index is 783. The maximum atomic E-state index is 12.8. The van der Waals surface area contributed by atoms with Crippen molar-refractivity contribution in [3.8, 4) is 5.75 Å². The molecule has 2 N–H and O–H groups in total. The molecule has 0 radical (unpaired) electrons. The lowest BCUT2D eigenvalue weighted by molar-refractivity contribution is 0.377. The van der Waals surface area contributed by atoms with Gasteiger partial charge in [-0.25, -0.2) is 17.4 Å². The third-order valence-electron chi connectivity index (χ3n) is 2.46. The number of nitrogens with one attached hydrogen (secondary N) is 1. The van der Waals surface area contributed by atoms with E-state index in [4.69, 9.17) is 4.52 Å². The molecule has 1 atom stereocenters. The molecular weight excluding hydrogens is 334 g/mol. The van der Waals surface area contributed by atoms with E-state index in [1.54, 1.807) is 0 Å². The average molecular weight is 346 g/mol. The molecule has 118 valence electrons. The predicted molar refractivity (Wildman–Crippen MR) is 76.3 cm³/mol. The van der Waals surface area contributed by atoms with Gasteiger partial charge in [-0.2, -0.15) is 4.72 Å². The molecule has 7 nitrogen and oxygen atoms in total. The van der Waals surface area contributed by atoms with Crippen LogP contribution in [0.4, 0.5) is 4.39 Å². The Morgan fingerprint density at radius 3 is 2.55 bits per heavy atom. The fourth-order valence-corrected chi connectivity index (χ4v) is 3.96. The van der Waals surface area contributed by atoms with Crippen LogP contribution >= 0.6 is 7.60 Å². The minimum atomic E-state index is -4.25. The van der Waals surface area contributed by atoms with E-state index in [0.29, 0.717) is 0 Å². The van der Waals surface area contributed by atoms with Crippen molar-refractivity contribution in [2.45, 2.75) is 4.90 Å². The monoisotopic (exact) mass is 346 g/mol. The lowest BCUT2D eigenvalue weighted by Crippen LogP contribution is -2.25. The number of rotatable bonds is 6. The smallest absolute Gasteiger partial charge is 0.391 e. The van der Waals surface area contributed by atoms with Crippen molar-refractivity contribution in [1.29, 1.82) is 0 Å². The van der Waals surface area contributed by atoms with Crippen LogP contribution in [0.15, 0.2) is 53.7 Å². The van der Waals surface area contributed by atoms with Crippen LogP contribution in [-0.2, 0) is 14.6 Å². The number of pyridine rings is 1. The van der Waals surface area contributed by atoms with E-state index in [1.807, 2.05) is 4.72 Å². The summed E-state index contributed by atoms with van der Waals surface area (Å²) >= 11 is 0. The van der Waals surface area contributed by atoms with Crippen LogP contribution in [0.2, 0.25) is 0 Å². The highest BCUT2D eigenvalue weighted by Gasteiger charge is 2.25. The lowest BCUT2D eigenvalue weighted by atomic mass is 10.4. The van der Waals surface area contributed by atoms with Crippen LogP contribution in [0.1, 0.15) is 0 Å². The summed E-state index contributed by atoms with van der Waals surface area (Å²) in [5.41, 5.74) is 0. The van der Waals surface area contributed by atoms with Gasteiger partial charge in [0.25, 0.3) is 0 Å². The second-order valence-electron chi connectivity index (χ2n) is 4.18. The first-order chi connectivity index (χ1) is 10.3. The maximum absolute atomic E-state index is 12.8. The van der Waals surface area contributed by atoms with Crippen LogP contribution in [0.3, 0.4) is 0 Å². The van der Waals surface area contributed by atoms with Crippen LogP contribution in [0.5, 0.6) is 5.75 Å². The number of aromatic nitrogens is 1. The Hall–Kier alpha value is -1.80. The molecule has 10 heteroatoms. The highest BCUT2D eigenvalue weighted by Crippen LogP contribution is 2.41. The van der Waals surface area contributed by atoms with Gasteiger partial charge in [0.05, 0.1) is 11.1 Å². The third kappa shape index (κ3) is 4.60. The van der Waals surface area contributed by atoms with Crippen molar-refractivity contribution in [2.75, 3.05) is 6.29 Å². The first-order valence-electron chi connectivity index (χ1n) is 5.95. The number of nitrogens with zero attached hydrogens (tertiary/aromatic N) is 1. The van der Waals surface area contributed by atoms with Gasteiger partial charge in [-0.05, 0) is 36.4 Å². The van der Waals surface area contributed by atoms with Gasteiger partial charge in [0.2, 0.25) is 10.0 Å². The van der Waals surface area contributed by atoms with Crippen LogP contribution in [0.25, 0.3) is 0 Å². The van der Waals surface area contributed by atoms with E-state index in [1.165, 1.54) is 24.5 Å². The van der Waals surface area contributed by atoms with Crippen molar-refractivity contribution in [1.82, 2.24) is 9.71 Å². The molecule has 0 bridgehead atoms. The van der Waals surface area contributed by atoms with E-state index in [-0.39, 0.29) is 10.6 Å². The molecular formula is C12H12FN2O5PS. The second-order valence-corrected chi connectivity index (χ2v) is 7.72. The summed E-state index contributed by atoms with van der Waals surface area (Å²) in [7, 11) is -8.29. The molecule has 0 aliphatic rings. The van der Waals surface area contributed by atoms with Gasteiger partial charge < -0.3 is 9.42 Å². The normalized spacial score (nSPS) is 14.3. The van der Waals surface area contributed by atoms with E-state index in [2.05, 4.69) is 4.98 Å². The molecule has 1 heterocycles. The van der Waals surface area contributed by atoms with E-state index < -0.39 is 29.7 Å². The summed E-state index contributed by atoms with van der Waals surface area (Å²) in [6.07, 6.45) is 1.84. The number of hydrogen-bond acceptors (Lipinski definition) is 5. The first kappa shape index (κ1) is 16.6. The van der Waals surface area contributed by atoms with E-state index in [9.17, 15) is 22.3 Å². The molecule has 22 heavy (non-hydrogen) atoms. The largest absolute Gasteiger partial charge is 0.422 e. The fourth-order valence-electron chi connectivity index (χ4n) is 1.46. The SMILES string of the molecule is O=P(O)(CNS(=O)(=O)c1ccc(F)cc1)Oc1cccnc1. The summed E-state index contributed by atoms with van der Waals surface area (Å²) in [6.45, 7) is 0. The van der Waals surface area contributed by atoms with Crippen molar-refractivity contribution in [3.05, 3.63) is 54.6 Å². The summed E-state index contributed by atoms with van der Waals surface area (Å²) in [5, 5.41) is 0. The highest BCUT2D eigenvalue weighted by atomic mass is 32.2. The number of benzene rings is 1. The molecule has 0 aliphatic heterocycles. The summed E-state index contributed by atoms with van der Waals surface area (Å²) < 4.78 is 55.2. The van der Waals surface area contributed by atoms with Crippen molar-refractivity contribution in [2.24, 2.45) is 0 Å². The molecule has 1 aromatic heterocycles. The quantitative estimate of drug-likeness (QED) is 0.772. The van der Waals surface area contributed by atoms with Gasteiger partial charge in [0, 0.05) is 6.20 Å². The zero-order chi connectivity index (χ0) is 16.2. The zero-order valence-corrected chi connectivity index (χ0v) is 12.8. The molecule has 0 aliphatic carbocycles. The van der Waals surface area contributed by atoms with Gasteiger partial charge >= 0.3 is 7.60 Å². The molecule has 1 unspecified atom stereocenters. The van der Waals surface area contributed by atoms with E-state index in [0.717, 1.165) is 24.3 Å². The van der Waals surface area contributed by atoms with Crippen molar-refractivity contribution < 1.29 is 26.8 Å². The molecule has 2 rings (SSSR count). The molecule has 0 spiro atoms. The molecule has 0 saturated heterocycles. The lowest BCUT2D eigenvalue weighted by Gasteiger charge is -2.14. The van der Waals surface area contributed by atoms with Gasteiger partial charge in [0.1, 0.15) is 17.9 Å². The van der Waals surface area contributed by atoms with Crippen LogP contribution in [-0.4, -0.2) is 24.6 Å². The summed E-state index contributed by atoms with van der Waals surface area (Å²) in [6, 6.07) is 6.94. The average Bonchev–Trinajstić information content (AvgIpc) is 2.47. The molecule has 2 aromatic rings. The van der Waals surface area contributed by atoms with Gasteiger partial charge in [-0.1, -0.05) is 0 Å². The topological polar surface area (TPSA) is 106 Å². The Labute approximate surface area is 126 Å². The second kappa shape index (κ2) is 6.53. The van der Waals surface area contributed by atoms with E-state index >= 15 is 0 Å². The van der Waals surface area contributed by atoms with Gasteiger partial charge in [-0.3, -0.25) is 4.98 Å².